The first-order chi connectivity index (χ1) is 7.74. The second-order valence-corrected chi connectivity index (χ2v) is 5.43. The van der Waals surface area contributed by atoms with Crippen molar-refractivity contribution in [3.05, 3.63) is 67.7 Å². The molecule has 2 aromatic carbocycles. The van der Waals surface area contributed by atoms with Crippen molar-refractivity contribution < 1.29 is 0 Å². The molecule has 0 amide bonds. The van der Waals surface area contributed by atoms with Gasteiger partial charge in [0.25, 0.3) is 0 Å². The predicted molar refractivity (Wildman–Crippen MR) is 79.3 cm³/mol. The van der Waals surface area contributed by atoms with Gasteiger partial charge in [0.05, 0.1) is 0 Å². The van der Waals surface area contributed by atoms with Crippen molar-refractivity contribution >= 4 is 38.5 Å². The highest BCUT2D eigenvalue weighted by Gasteiger charge is 1.90. The van der Waals surface area contributed by atoms with Crippen molar-refractivity contribution in [2.24, 2.45) is 0 Å². The Morgan fingerprint density at radius 3 is 2.12 bits per heavy atom. The van der Waals surface area contributed by atoms with E-state index < -0.39 is 0 Å². The molecule has 0 saturated carbocycles. The summed E-state index contributed by atoms with van der Waals surface area (Å²) >= 11 is 5.72. The third-order valence-electron chi connectivity index (χ3n) is 2.00. The first-order valence-corrected chi connectivity index (χ1v) is 6.64. The molecule has 0 radical (unpaired) electrons. The summed E-state index contributed by atoms with van der Waals surface area (Å²) < 4.78 is 2.26. The monoisotopic (exact) mass is 382 g/mol. The van der Waals surface area contributed by atoms with E-state index in [2.05, 4.69) is 62.5 Å². The second kappa shape index (κ2) is 5.51. The molecule has 0 unspecified atom stereocenters. The summed E-state index contributed by atoms with van der Waals surface area (Å²) in [5.41, 5.74) is 2.07. The Bertz CT molecular complexity index is 515. The van der Waals surface area contributed by atoms with Crippen LogP contribution in [0.4, 0.5) is 0 Å². The molecule has 78 valence electrons. The molecule has 0 aromatic heterocycles. The van der Waals surface area contributed by atoms with Crippen LogP contribution in [0.15, 0.2) is 53.0 Å². The van der Waals surface area contributed by atoms with Crippen molar-refractivity contribution in [1.82, 2.24) is 0 Å². The Morgan fingerprint density at radius 1 is 0.875 bits per heavy atom. The van der Waals surface area contributed by atoms with E-state index in [9.17, 15) is 0 Å². The minimum absolute atomic E-state index is 1.02. The zero-order valence-corrected chi connectivity index (χ0v) is 12.1. The van der Waals surface area contributed by atoms with E-state index in [-0.39, 0.29) is 0 Å². The van der Waals surface area contributed by atoms with Crippen molar-refractivity contribution in [2.75, 3.05) is 0 Å². The normalized spacial score (nSPS) is 9.38. The first kappa shape index (κ1) is 11.7. The maximum atomic E-state index is 3.43. The molecule has 0 saturated heterocycles. The molecule has 16 heavy (non-hydrogen) atoms. The summed E-state index contributed by atoms with van der Waals surface area (Å²) in [5, 5.41) is 0. The number of halogens is 2. The van der Waals surface area contributed by atoms with Crippen LogP contribution in [0.3, 0.4) is 0 Å². The van der Waals surface area contributed by atoms with Gasteiger partial charge in [0, 0.05) is 19.2 Å². The Kier molecular flexibility index (Phi) is 4.03. The van der Waals surface area contributed by atoms with Crippen LogP contribution in [-0.4, -0.2) is 0 Å². The van der Waals surface area contributed by atoms with Crippen molar-refractivity contribution in [3.63, 3.8) is 0 Å². The molecule has 0 spiro atoms. The highest BCUT2D eigenvalue weighted by molar-refractivity contribution is 14.1. The van der Waals surface area contributed by atoms with Gasteiger partial charge in [0.15, 0.2) is 0 Å². The van der Waals surface area contributed by atoms with Gasteiger partial charge < -0.3 is 0 Å². The van der Waals surface area contributed by atoms with Gasteiger partial charge >= 0.3 is 0 Å². The fraction of sp³-hybridized carbons (Fsp3) is 0. The van der Waals surface area contributed by atoms with E-state index >= 15 is 0 Å². The van der Waals surface area contributed by atoms with E-state index in [0.717, 1.165) is 15.6 Å². The summed E-state index contributed by atoms with van der Waals surface area (Å²) in [7, 11) is 0. The topological polar surface area (TPSA) is 0 Å². The smallest absolute Gasteiger partial charge is 0.0260 e. The molecule has 0 nitrogen and oxygen atoms in total. The third-order valence-corrected chi connectivity index (χ3v) is 3.16. The maximum absolute atomic E-state index is 3.43. The molecule has 2 rings (SSSR count). The van der Waals surface area contributed by atoms with Crippen LogP contribution in [-0.2, 0) is 0 Å². The summed E-state index contributed by atoms with van der Waals surface area (Å²) in [6.45, 7) is 0. The van der Waals surface area contributed by atoms with Gasteiger partial charge in [-0.2, -0.15) is 0 Å². The Morgan fingerprint density at radius 2 is 1.50 bits per heavy atom. The Balaban J connectivity index is 2.28. The molecule has 0 N–H and O–H groups in total. The van der Waals surface area contributed by atoms with Gasteiger partial charge in [-0.15, -0.1) is 0 Å². The molecular weight excluding hydrogens is 375 g/mol. The summed E-state index contributed by atoms with van der Waals surface area (Å²) in [6, 6.07) is 16.2. The summed E-state index contributed by atoms with van der Waals surface area (Å²) in [5.74, 6) is 6.30. The van der Waals surface area contributed by atoms with Crippen LogP contribution in [0.5, 0.6) is 0 Å². The lowest BCUT2D eigenvalue weighted by Gasteiger charge is -1.92. The fourth-order valence-corrected chi connectivity index (χ4v) is 2.22. The molecule has 0 fully saturated rings. The van der Waals surface area contributed by atoms with E-state index in [0.29, 0.717) is 0 Å². The molecule has 0 aliphatic carbocycles. The SMILES string of the molecule is Brc1cccc(C#Cc2cccc(I)c2)c1. The van der Waals surface area contributed by atoms with Gasteiger partial charge in [-0.3, -0.25) is 0 Å². The van der Waals surface area contributed by atoms with Gasteiger partial charge in [0.1, 0.15) is 0 Å². The molecule has 0 heterocycles. The summed E-state index contributed by atoms with van der Waals surface area (Å²) in [6.07, 6.45) is 0. The highest BCUT2D eigenvalue weighted by Crippen LogP contribution is 2.11. The van der Waals surface area contributed by atoms with E-state index in [4.69, 9.17) is 0 Å². The van der Waals surface area contributed by atoms with Crippen LogP contribution in [0.1, 0.15) is 11.1 Å². The zero-order chi connectivity index (χ0) is 11.4. The van der Waals surface area contributed by atoms with Crippen LogP contribution < -0.4 is 0 Å². The zero-order valence-electron chi connectivity index (χ0n) is 8.37. The van der Waals surface area contributed by atoms with Gasteiger partial charge in [-0.25, -0.2) is 0 Å². The number of hydrogen-bond donors (Lipinski definition) is 0. The molecule has 0 aliphatic rings. The predicted octanol–water partition coefficient (Wildman–Crippen LogP) is 4.45. The average molecular weight is 383 g/mol. The van der Waals surface area contributed by atoms with Crippen molar-refractivity contribution in [2.45, 2.75) is 0 Å². The van der Waals surface area contributed by atoms with Crippen molar-refractivity contribution in [3.8, 4) is 11.8 Å². The Hall–Kier alpha value is -0.790. The molecule has 0 bridgehead atoms. The quantitative estimate of drug-likeness (QED) is 0.466. The van der Waals surface area contributed by atoms with Gasteiger partial charge in [0.2, 0.25) is 0 Å². The lowest BCUT2D eigenvalue weighted by Crippen LogP contribution is -1.77. The van der Waals surface area contributed by atoms with Crippen LogP contribution >= 0.6 is 38.5 Å². The molecule has 2 heteroatoms. The van der Waals surface area contributed by atoms with Gasteiger partial charge in [-0.1, -0.05) is 39.9 Å². The Labute approximate surface area is 117 Å². The second-order valence-electron chi connectivity index (χ2n) is 3.27. The molecular formula is C14H8BrI. The average Bonchev–Trinajstić information content (AvgIpc) is 2.27. The number of benzene rings is 2. The van der Waals surface area contributed by atoms with E-state index in [1.165, 1.54) is 3.57 Å². The molecule has 0 aliphatic heterocycles. The van der Waals surface area contributed by atoms with E-state index in [1.54, 1.807) is 0 Å². The third kappa shape index (κ3) is 3.36. The number of rotatable bonds is 0. The van der Waals surface area contributed by atoms with Crippen LogP contribution in [0.25, 0.3) is 0 Å². The minimum Gasteiger partial charge on any atom is -0.0616 e. The molecule has 2 aromatic rings. The standard InChI is InChI=1S/C14H8BrI/c15-13-5-1-3-11(9-13)7-8-12-4-2-6-14(16)10-12/h1-6,9-10H. The van der Waals surface area contributed by atoms with E-state index in [1.807, 2.05) is 36.4 Å². The van der Waals surface area contributed by atoms with Crippen LogP contribution in [0.2, 0.25) is 0 Å². The lowest BCUT2D eigenvalue weighted by atomic mass is 10.2. The molecule has 0 atom stereocenters. The highest BCUT2D eigenvalue weighted by atomic mass is 127. The van der Waals surface area contributed by atoms with Crippen molar-refractivity contribution in [1.29, 1.82) is 0 Å². The largest absolute Gasteiger partial charge is 0.0616 e. The number of hydrogen-bond acceptors (Lipinski definition) is 0. The fourth-order valence-electron chi connectivity index (χ4n) is 1.28. The summed E-state index contributed by atoms with van der Waals surface area (Å²) in [4.78, 5) is 0. The van der Waals surface area contributed by atoms with Gasteiger partial charge in [-0.05, 0) is 59.0 Å². The maximum Gasteiger partial charge on any atom is 0.0260 e. The van der Waals surface area contributed by atoms with Crippen LogP contribution in [0, 0.1) is 15.4 Å². The first-order valence-electron chi connectivity index (χ1n) is 4.77. The lowest BCUT2D eigenvalue weighted by molar-refractivity contribution is 1.58. The minimum atomic E-state index is 1.02.